The third kappa shape index (κ3) is 3.68. The summed E-state index contributed by atoms with van der Waals surface area (Å²) in [7, 11) is 1.53. The van der Waals surface area contributed by atoms with Gasteiger partial charge in [-0.1, -0.05) is 0 Å². The van der Waals surface area contributed by atoms with Gasteiger partial charge in [0.2, 0.25) is 0 Å². The van der Waals surface area contributed by atoms with Gasteiger partial charge in [0.05, 0.1) is 17.7 Å². The Morgan fingerprint density at radius 1 is 1.58 bits per heavy atom. The molecular formula is C14H19BrFNO2. The number of hydrogen-bond acceptors (Lipinski definition) is 3. The molecule has 19 heavy (non-hydrogen) atoms. The summed E-state index contributed by atoms with van der Waals surface area (Å²) >= 11 is 3.18. The van der Waals surface area contributed by atoms with Crippen LogP contribution in [-0.4, -0.2) is 19.8 Å². The van der Waals surface area contributed by atoms with Crippen LogP contribution in [0.2, 0.25) is 0 Å². The van der Waals surface area contributed by atoms with Crippen LogP contribution in [0.4, 0.5) is 4.39 Å². The molecule has 2 atom stereocenters. The minimum absolute atomic E-state index is 0.170. The maximum Gasteiger partial charge on any atom is 0.141 e. The first-order valence-electron chi connectivity index (χ1n) is 6.52. The molecule has 0 aromatic heterocycles. The first kappa shape index (κ1) is 14.8. The summed E-state index contributed by atoms with van der Waals surface area (Å²) in [6, 6.07) is 2.90. The summed E-state index contributed by atoms with van der Waals surface area (Å²) in [6.45, 7) is 0.853. The van der Waals surface area contributed by atoms with Crippen molar-refractivity contribution >= 4 is 15.9 Å². The number of ether oxygens (including phenoxy) is 2. The topological polar surface area (TPSA) is 44.5 Å². The Hall–Kier alpha value is -0.650. The Bertz CT molecular complexity index is 436. The summed E-state index contributed by atoms with van der Waals surface area (Å²) in [5.41, 5.74) is 7.02. The van der Waals surface area contributed by atoms with E-state index in [-0.39, 0.29) is 11.9 Å². The molecule has 1 aromatic carbocycles. The molecule has 2 unspecified atom stereocenters. The van der Waals surface area contributed by atoms with Crippen molar-refractivity contribution in [2.24, 2.45) is 5.73 Å². The Kier molecular flexibility index (Phi) is 5.19. The van der Waals surface area contributed by atoms with Gasteiger partial charge in [-0.25, -0.2) is 4.39 Å². The number of nitrogens with two attached hydrogens (primary N) is 1. The monoisotopic (exact) mass is 331 g/mol. The van der Waals surface area contributed by atoms with Gasteiger partial charge < -0.3 is 15.2 Å². The van der Waals surface area contributed by atoms with Crippen LogP contribution in [0.15, 0.2) is 16.6 Å². The van der Waals surface area contributed by atoms with Gasteiger partial charge in [-0.15, -0.1) is 0 Å². The fourth-order valence-corrected chi connectivity index (χ4v) is 2.76. The van der Waals surface area contributed by atoms with Crippen molar-refractivity contribution in [3.63, 3.8) is 0 Å². The Labute approximate surface area is 121 Å². The predicted molar refractivity (Wildman–Crippen MR) is 75.8 cm³/mol. The Morgan fingerprint density at radius 3 is 3.00 bits per heavy atom. The summed E-state index contributed by atoms with van der Waals surface area (Å²) < 4.78 is 24.7. The van der Waals surface area contributed by atoms with Gasteiger partial charge in [0.25, 0.3) is 0 Å². The van der Waals surface area contributed by atoms with Crippen molar-refractivity contribution in [1.29, 1.82) is 0 Å². The number of hydrogen-bond donors (Lipinski definition) is 1. The zero-order chi connectivity index (χ0) is 13.8. The molecule has 0 radical (unpaired) electrons. The fourth-order valence-electron chi connectivity index (χ4n) is 2.40. The SMILES string of the molecule is COc1cc(F)c(Br)cc1C(N)CCC1CCCO1. The first-order valence-corrected chi connectivity index (χ1v) is 7.31. The van der Waals surface area contributed by atoms with Gasteiger partial charge in [-0.2, -0.15) is 0 Å². The molecule has 1 heterocycles. The lowest BCUT2D eigenvalue weighted by Crippen LogP contribution is -2.15. The molecule has 3 nitrogen and oxygen atoms in total. The van der Waals surface area contributed by atoms with Gasteiger partial charge in [0.1, 0.15) is 11.6 Å². The second kappa shape index (κ2) is 6.68. The lowest BCUT2D eigenvalue weighted by atomic mass is 9.99. The Balaban J connectivity index is 2.04. The largest absolute Gasteiger partial charge is 0.496 e. The number of halogens is 2. The molecule has 1 aliphatic heterocycles. The van der Waals surface area contributed by atoms with E-state index in [2.05, 4.69) is 15.9 Å². The van der Waals surface area contributed by atoms with E-state index in [9.17, 15) is 4.39 Å². The summed E-state index contributed by atoms with van der Waals surface area (Å²) in [5.74, 6) is 0.160. The van der Waals surface area contributed by atoms with Crippen LogP contribution >= 0.6 is 15.9 Å². The van der Waals surface area contributed by atoms with Gasteiger partial charge in [-0.3, -0.25) is 0 Å². The molecule has 106 valence electrons. The second-order valence-electron chi connectivity index (χ2n) is 4.83. The molecule has 2 rings (SSSR count). The fraction of sp³-hybridized carbons (Fsp3) is 0.571. The van der Waals surface area contributed by atoms with Crippen molar-refractivity contribution in [2.75, 3.05) is 13.7 Å². The van der Waals surface area contributed by atoms with E-state index in [1.165, 1.54) is 13.2 Å². The van der Waals surface area contributed by atoms with E-state index >= 15 is 0 Å². The Morgan fingerprint density at radius 2 is 2.37 bits per heavy atom. The van der Waals surface area contributed by atoms with Crippen LogP contribution in [0.5, 0.6) is 5.75 Å². The highest BCUT2D eigenvalue weighted by Gasteiger charge is 2.19. The average molecular weight is 332 g/mol. The van der Waals surface area contributed by atoms with Crippen molar-refractivity contribution in [3.8, 4) is 5.75 Å². The predicted octanol–water partition coefficient (Wildman–Crippen LogP) is 3.56. The smallest absolute Gasteiger partial charge is 0.141 e. The van der Waals surface area contributed by atoms with Crippen molar-refractivity contribution < 1.29 is 13.9 Å². The normalized spacial score (nSPS) is 20.5. The van der Waals surface area contributed by atoms with E-state index in [1.54, 1.807) is 6.07 Å². The van der Waals surface area contributed by atoms with Crippen LogP contribution < -0.4 is 10.5 Å². The van der Waals surface area contributed by atoms with Crippen molar-refractivity contribution in [2.45, 2.75) is 37.8 Å². The quantitative estimate of drug-likeness (QED) is 0.897. The van der Waals surface area contributed by atoms with Crippen LogP contribution in [0, 0.1) is 5.82 Å². The van der Waals surface area contributed by atoms with Gasteiger partial charge in [0, 0.05) is 24.3 Å². The van der Waals surface area contributed by atoms with Crippen LogP contribution in [0.3, 0.4) is 0 Å². The first-order chi connectivity index (χ1) is 9.11. The highest BCUT2D eigenvalue weighted by atomic mass is 79.9. The highest BCUT2D eigenvalue weighted by Crippen LogP contribution is 2.32. The third-order valence-electron chi connectivity index (χ3n) is 3.50. The molecule has 1 saturated heterocycles. The molecular weight excluding hydrogens is 313 g/mol. The standard InChI is InChI=1S/C14H19BrFNO2/c1-18-14-8-12(16)11(15)7-10(14)13(17)5-4-9-3-2-6-19-9/h7-9,13H,2-6,17H2,1H3. The molecule has 0 bridgehead atoms. The van der Waals surface area contributed by atoms with E-state index in [0.29, 0.717) is 16.3 Å². The third-order valence-corrected chi connectivity index (χ3v) is 4.10. The average Bonchev–Trinajstić information content (AvgIpc) is 2.91. The summed E-state index contributed by atoms with van der Waals surface area (Å²) in [6.07, 6.45) is 4.29. The lowest BCUT2D eigenvalue weighted by molar-refractivity contribution is 0.101. The number of rotatable bonds is 5. The molecule has 0 spiro atoms. The van der Waals surface area contributed by atoms with Crippen LogP contribution in [0.1, 0.15) is 37.3 Å². The van der Waals surface area contributed by atoms with Gasteiger partial charge >= 0.3 is 0 Å². The summed E-state index contributed by atoms with van der Waals surface area (Å²) in [5, 5.41) is 0. The molecule has 1 fully saturated rings. The van der Waals surface area contributed by atoms with Gasteiger partial charge in [-0.05, 0) is 47.7 Å². The number of methoxy groups -OCH3 is 1. The minimum atomic E-state index is -0.341. The van der Waals surface area contributed by atoms with E-state index < -0.39 is 0 Å². The highest BCUT2D eigenvalue weighted by molar-refractivity contribution is 9.10. The van der Waals surface area contributed by atoms with E-state index in [4.69, 9.17) is 15.2 Å². The molecule has 0 amide bonds. The summed E-state index contributed by atoms with van der Waals surface area (Å²) in [4.78, 5) is 0. The minimum Gasteiger partial charge on any atom is -0.496 e. The molecule has 5 heteroatoms. The van der Waals surface area contributed by atoms with Crippen LogP contribution in [-0.2, 0) is 4.74 Å². The van der Waals surface area contributed by atoms with E-state index in [1.807, 2.05) is 0 Å². The maximum absolute atomic E-state index is 13.5. The van der Waals surface area contributed by atoms with Crippen molar-refractivity contribution in [3.05, 3.63) is 28.0 Å². The molecule has 2 N–H and O–H groups in total. The molecule has 1 aromatic rings. The second-order valence-corrected chi connectivity index (χ2v) is 5.68. The zero-order valence-corrected chi connectivity index (χ0v) is 12.6. The van der Waals surface area contributed by atoms with Crippen LogP contribution in [0.25, 0.3) is 0 Å². The number of benzene rings is 1. The molecule has 0 aliphatic carbocycles. The van der Waals surface area contributed by atoms with Crippen molar-refractivity contribution in [1.82, 2.24) is 0 Å². The van der Waals surface area contributed by atoms with Gasteiger partial charge in [0.15, 0.2) is 0 Å². The maximum atomic E-state index is 13.5. The lowest BCUT2D eigenvalue weighted by Gasteiger charge is -2.18. The van der Waals surface area contributed by atoms with E-state index in [0.717, 1.165) is 37.9 Å². The molecule has 0 saturated carbocycles. The zero-order valence-electron chi connectivity index (χ0n) is 11.0. The molecule has 1 aliphatic rings.